The Bertz CT molecular complexity index is 627. The van der Waals surface area contributed by atoms with Crippen molar-refractivity contribution in [2.45, 2.75) is 44.7 Å². The largest absolute Gasteiger partial charge is 0.491 e. The number of hydrogen-bond donors (Lipinski definition) is 1. The van der Waals surface area contributed by atoms with E-state index in [1.807, 2.05) is 0 Å². The third-order valence-corrected chi connectivity index (χ3v) is 5.45. The lowest BCUT2D eigenvalue weighted by Gasteiger charge is -2.30. The molecule has 6 nitrogen and oxygen atoms in total. The molecular weight excluding hydrogens is 356 g/mol. The highest BCUT2D eigenvalue weighted by Crippen LogP contribution is 2.31. The van der Waals surface area contributed by atoms with Gasteiger partial charge in [-0.2, -0.15) is 0 Å². The fraction of sp³-hybridized carbons (Fsp3) is 0.682. The van der Waals surface area contributed by atoms with Gasteiger partial charge in [-0.1, -0.05) is 6.07 Å². The summed E-state index contributed by atoms with van der Waals surface area (Å²) < 4.78 is 16.2. The molecular formula is C22H34N2O4. The minimum absolute atomic E-state index is 0.114. The Balaban J connectivity index is 1.72. The Morgan fingerprint density at radius 2 is 1.86 bits per heavy atom. The first-order valence-corrected chi connectivity index (χ1v) is 10.5. The summed E-state index contributed by atoms with van der Waals surface area (Å²) in [6, 6.07) is 6.71. The van der Waals surface area contributed by atoms with Gasteiger partial charge < -0.3 is 24.4 Å². The number of nitrogens with one attached hydrogen (secondary N) is 1. The van der Waals surface area contributed by atoms with Crippen molar-refractivity contribution in [1.82, 2.24) is 10.2 Å². The van der Waals surface area contributed by atoms with Crippen molar-refractivity contribution in [3.63, 3.8) is 0 Å². The molecule has 2 fully saturated rings. The third kappa shape index (κ3) is 6.19. The van der Waals surface area contributed by atoms with Crippen molar-refractivity contribution < 1.29 is 19.0 Å². The number of methoxy groups -OCH3 is 2. The minimum atomic E-state index is 0.114. The fourth-order valence-electron chi connectivity index (χ4n) is 3.78. The van der Waals surface area contributed by atoms with Gasteiger partial charge in [-0.3, -0.25) is 4.79 Å². The van der Waals surface area contributed by atoms with Crippen LogP contribution in [0.1, 0.15) is 36.8 Å². The first-order valence-electron chi connectivity index (χ1n) is 10.5. The molecule has 1 aliphatic carbocycles. The maximum absolute atomic E-state index is 13.2. The molecule has 0 bridgehead atoms. The van der Waals surface area contributed by atoms with Gasteiger partial charge in [-0.25, -0.2) is 0 Å². The van der Waals surface area contributed by atoms with Gasteiger partial charge in [0.15, 0.2) is 0 Å². The Kier molecular flexibility index (Phi) is 8.13. The molecule has 1 unspecified atom stereocenters. The average Bonchev–Trinajstić information content (AvgIpc) is 3.56. The van der Waals surface area contributed by atoms with Gasteiger partial charge in [-0.05, 0) is 61.9 Å². The van der Waals surface area contributed by atoms with E-state index in [0.717, 1.165) is 56.5 Å². The zero-order valence-corrected chi connectivity index (χ0v) is 17.2. The van der Waals surface area contributed by atoms with Crippen molar-refractivity contribution >= 4 is 5.91 Å². The monoisotopic (exact) mass is 390 g/mol. The van der Waals surface area contributed by atoms with Gasteiger partial charge in [0.05, 0.1) is 19.1 Å². The second kappa shape index (κ2) is 10.8. The molecule has 1 saturated carbocycles. The Morgan fingerprint density at radius 1 is 1.07 bits per heavy atom. The zero-order chi connectivity index (χ0) is 19.8. The lowest BCUT2D eigenvalue weighted by atomic mass is 9.97. The first-order chi connectivity index (χ1) is 13.7. The van der Waals surface area contributed by atoms with Gasteiger partial charge in [0, 0.05) is 33.4 Å². The maximum atomic E-state index is 13.2. The molecule has 1 atom stereocenters. The molecule has 3 rings (SSSR count). The molecule has 1 aromatic rings. The van der Waals surface area contributed by atoms with E-state index < -0.39 is 0 Å². The summed E-state index contributed by atoms with van der Waals surface area (Å²) in [5, 5.41) is 3.37. The molecule has 0 spiro atoms. The van der Waals surface area contributed by atoms with E-state index in [0.29, 0.717) is 38.3 Å². The van der Waals surface area contributed by atoms with Crippen LogP contribution in [0.2, 0.25) is 0 Å². The van der Waals surface area contributed by atoms with Crippen molar-refractivity contribution in [2.75, 3.05) is 47.1 Å². The Labute approximate surface area is 168 Å². The Hall–Kier alpha value is -1.63. The predicted molar refractivity (Wildman–Crippen MR) is 109 cm³/mol. The molecule has 1 saturated heterocycles. The van der Waals surface area contributed by atoms with Crippen molar-refractivity contribution in [2.24, 2.45) is 5.92 Å². The highest BCUT2D eigenvalue weighted by atomic mass is 16.5. The second-order valence-electron chi connectivity index (χ2n) is 7.81. The molecule has 0 radical (unpaired) electrons. The van der Waals surface area contributed by atoms with E-state index in [4.69, 9.17) is 14.2 Å². The summed E-state index contributed by atoms with van der Waals surface area (Å²) in [6.45, 7) is 4.22. The molecule has 1 N–H and O–H groups in total. The number of hydrogen-bond acceptors (Lipinski definition) is 5. The molecule has 1 amide bonds. The van der Waals surface area contributed by atoms with Crippen molar-refractivity contribution in [3.05, 3.63) is 29.3 Å². The third-order valence-electron chi connectivity index (χ3n) is 5.45. The van der Waals surface area contributed by atoms with E-state index in [-0.39, 0.29) is 5.92 Å². The number of carbonyl (C=O) groups is 1. The number of piperidine rings is 1. The zero-order valence-electron chi connectivity index (χ0n) is 17.2. The molecule has 1 aliphatic heterocycles. The summed E-state index contributed by atoms with van der Waals surface area (Å²) in [6.07, 6.45) is 5.14. The number of rotatable bonds is 11. The number of ether oxygens (including phenoxy) is 3. The van der Waals surface area contributed by atoms with Crippen LogP contribution in [0.3, 0.4) is 0 Å². The van der Waals surface area contributed by atoms with Crippen LogP contribution in [0, 0.1) is 5.92 Å². The highest BCUT2D eigenvalue weighted by molar-refractivity contribution is 5.80. The van der Waals surface area contributed by atoms with E-state index in [2.05, 4.69) is 28.4 Å². The smallest absolute Gasteiger partial charge is 0.227 e. The topological polar surface area (TPSA) is 60.0 Å². The van der Waals surface area contributed by atoms with E-state index in [9.17, 15) is 4.79 Å². The summed E-state index contributed by atoms with van der Waals surface area (Å²) >= 11 is 0. The van der Waals surface area contributed by atoms with E-state index in [1.54, 1.807) is 14.2 Å². The van der Waals surface area contributed by atoms with Crippen LogP contribution in [-0.4, -0.2) is 64.0 Å². The minimum Gasteiger partial charge on any atom is -0.491 e. The average molecular weight is 391 g/mol. The number of carbonyl (C=O) groups excluding carboxylic acids is 1. The summed E-state index contributed by atoms with van der Waals surface area (Å²) in [5.41, 5.74) is 2.30. The lowest BCUT2D eigenvalue weighted by Crippen LogP contribution is -2.43. The Morgan fingerprint density at radius 3 is 2.54 bits per heavy atom. The summed E-state index contributed by atoms with van der Waals surface area (Å²) in [5.74, 6) is 1.26. The molecule has 0 aromatic heterocycles. The number of nitrogens with zero attached hydrogens (tertiary/aromatic N) is 1. The fourth-order valence-corrected chi connectivity index (χ4v) is 3.78. The van der Waals surface area contributed by atoms with Crippen LogP contribution in [-0.2, 0) is 27.2 Å². The molecule has 2 aliphatic rings. The van der Waals surface area contributed by atoms with Gasteiger partial charge in [-0.15, -0.1) is 0 Å². The number of amides is 1. The number of benzene rings is 1. The van der Waals surface area contributed by atoms with Gasteiger partial charge in [0.25, 0.3) is 0 Å². The van der Waals surface area contributed by atoms with E-state index in [1.165, 1.54) is 5.56 Å². The lowest BCUT2D eigenvalue weighted by molar-refractivity contribution is -0.137. The van der Waals surface area contributed by atoms with Crippen LogP contribution < -0.4 is 10.1 Å². The molecule has 6 heteroatoms. The second-order valence-corrected chi connectivity index (χ2v) is 7.81. The quantitative estimate of drug-likeness (QED) is 0.588. The van der Waals surface area contributed by atoms with Crippen molar-refractivity contribution in [1.29, 1.82) is 0 Å². The van der Waals surface area contributed by atoms with Crippen LogP contribution in [0.15, 0.2) is 18.2 Å². The van der Waals surface area contributed by atoms with Crippen LogP contribution >= 0.6 is 0 Å². The first kappa shape index (κ1) is 21.1. The van der Waals surface area contributed by atoms with Crippen LogP contribution in [0.4, 0.5) is 0 Å². The molecule has 28 heavy (non-hydrogen) atoms. The summed E-state index contributed by atoms with van der Waals surface area (Å²) in [4.78, 5) is 15.3. The molecule has 1 aromatic carbocycles. The van der Waals surface area contributed by atoms with Crippen LogP contribution in [0.5, 0.6) is 5.75 Å². The van der Waals surface area contributed by atoms with Crippen molar-refractivity contribution in [3.8, 4) is 5.75 Å². The normalized spacial score (nSPS) is 19.4. The van der Waals surface area contributed by atoms with Gasteiger partial charge in [0.1, 0.15) is 12.4 Å². The van der Waals surface area contributed by atoms with Crippen LogP contribution in [0.25, 0.3) is 0 Å². The highest BCUT2D eigenvalue weighted by Gasteiger charge is 2.36. The molecule has 1 heterocycles. The van der Waals surface area contributed by atoms with E-state index >= 15 is 0 Å². The standard InChI is InChI=1S/C22H34N2O4/c1-26-9-7-17-12-18(14-21(13-17)28-11-10-27-2)16-24(20-5-6-20)22(25)19-4-3-8-23-15-19/h12-14,19-20,23H,3-11,15-16H2,1-2H3. The summed E-state index contributed by atoms with van der Waals surface area (Å²) in [7, 11) is 3.38. The SMILES string of the molecule is COCCOc1cc(CCOC)cc(CN(C(=O)C2CCCNC2)C2CC2)c1. The maximum Gasteiger partial charge on any atom is 0.227 e. The van der Waals surface area contributed by atoms with Gasteiger partial charge in [0.2, 0.25) is 5.91 Å². The molecule has 156 valence electrons. The van der Waals surface area contributed by atoms with Gasteiger partial charge >= 0.3 is 0 Å². The predicted octanol–water partition coefficient (Wildman–Crippen LogP) is 2.39.